The third kappa shape index (κ3) is 3.77. The fourth-order valence-corrected chi connectivity index (χ4v) is 3.44. The highest BCUT2D eigenvalue weighted by molar-refractivity contribution is 7.80. The Balaban J connectivity index is 2.03. The summed E-state index contributed by atoms with van der Waals surface area (Å²) in [6.45, 7) is 10.7. The summed E-state index contributed by atoms with van der Waals surface area (Å²) in [6, 6.07) is 6.17. The number of anilines is 1. The van der Waals surface area contributed by atoms with Gasteiger partial charge >= 0.3 is 0 Å². The Morgan fingerprint density at radius 2 is 2.14 bits per heavy atom. The normalized spacial score (nSPS) is 20.5. The summed E-state index contributed by atoms with van der Waals surface area (Å²) < 4.78 is 0. The molecule has 1 amide bonds. The molecule has 0 bridgehead atoms. The van der Waals surface area contributed by atoms with Crippen molar-refractivity contribution in [3.8, 4) is 0 Å². The van der Waals surface area contributed by atoms with E-state index < -0.39 is 0 Å². The SMILES string of the molecule is Cc1cccc(NC(=O)CN2C(=S)NC(C)(C)C[C@@H]2C)c1C. The second-order valence-corrected chi connectivity index (χ2v) is 7.18. The molecule has 0 radical (unpaired) electrons. The van der Waals surface area contributed by atoms with Crippen molar-refractivity contribution in [3.05, 3.63) is 29.3 Å². The van der Waals surface area contributed by atoms with E-state index in [1.54, 1.807) is 0 Å². The molecule has 1 aromatic rings. The van der Waals surface area contributed by atoms with Crippen molar-refractivity contribution < 1.29 is 4.79 Å². The van der Waals surface area contributed by atoms with E-state index in [0.717, 1.165) is 17.7 Å². The minimum atomic E-state index is -0.0376. The zero-order chi connectivity index (χ0) is 16.5. The van der Waals surface area contributed by atoms with Crippen LogP contribution in [0.3, 0.4) is 0 Å². The lowest BCUT2D eigenvalue weighted by Crippen LogP contribution is -2.61. The molecule has 1 aromatic carbocycles. The zero-order valence-corrected chi connectivity index (χ0v) is 14.8. The van der Waals surface area contributed by atoms with Crippen molar-refractivity contribution in [3.63, 3.8) is 0 Å². The molecule has 1 heterocycles. The van der Waals surface area contributed by atoms with Crippen LogP contribution in [0, 0.1) is 13.8 Å². The molecule has 120 valence electrons. The fraction of sp³-hybridized carbons (Fsp3) is 0.529. The highest BCUT2D eigenvalue weighted by Gasteiger charge is 2.33. The van der Waals surface area contributed by atoms with E-state index in [2.05, 4.69) is 31.4 Å². The van der Waals surface area contributed by atoms with Crippen molar-refractivity contribution in [2.24, 2.45) is 0 Å². The van der Waals surface area contributed by atoms with Crippen molar-refractivity contribution in [2.75, 3.05) is 11.9 Å². The van der Waals surface area contributed by atoms with Gasteiger partial charge in [-0.25, -0.2) is 0 Å². The highest BCUT2D eigenvalue weighted by atomic mass is 32.1. The van der Waals surface area contributed by atoms with Crippen molar-refractivity contribution in [1.82, 2.24) is 10.2 Å². The molecule has 1 atom stereocenters. The van der Waals surface area contributed by atoms with Crippen LogP contribution >= 0.6 is 12.2 Å². The summed E-state index contributed by atoms with van der Waals surface area (Å²) in [5, 5.41) is 6.95. The van der Waals surface area contributed by atoms with Gasteiger partial charge in [-0.15, -0.1) is 0 Å². The molecule has 0 aliphatic carbocycles. The molecule has 22 heavy (non-hydrogen) atoms. The van der Waals surface area contributed by atoms with Gasteiger partial charge in [0.1, 0.15) is 0 Å². The molecule has 1 aliphatic heterocycles. The molecule has 0 spiro atoms. The third-order valence-corrected chi connectivity index (χ3v) is 4.57. The minimum Gasteiger partial charge on any atom is -0.358 e. The van der Waals surface area contributed by atoms with Gasteiger partial charge in [-0.05, 0) is 70.5 Å². The number of rotatable bonds is 3. The average Bonchev–Trinajstić information content (AvgIpc) is 2.38. The number of hydrogen-bond acceptors (Lipinski definition) is 2. The lowest BCUT2D eigenvalue weighted by molar-refractivity contribution is -0.117. The van der Waals surface area contributed by atoms with Crippen LogP contribution in [0.5, 0.6) is 0 Å². The van der Waals surface area contributed by atoms with Crippen LogP contribution in [0.25, 0.3) is 0 Å². The lowest BCUT2D eigenvalue weighted by Gasteiger charge is -2.44. The van der Waals surface area contributed by atoms with Gasteiger partial charge in [0, 0.05) is 17.3 Å². The van der Waals surface area contributed by atoms with Crippen LogP contribution < -0.4 is 10.6 Å². The first-order valence-electron chi connectivity index (χ1n) is 7.64. The van der Waals surface area contributed by atoms with Crippen molar-refractivity contribution in [1.29, 1.82) is 0 Å². The number of benzene rings is 1. The Hall–Kier alpha value is -1.62. The molecular formula is C17H25N3OS. The van der Waals surface area contributed by atoms with E-state index in [0.29, 0.717) is 5.11 Å². The van der Waals surface area contributed by atoms with Crippen LogP contribution in [0.2, 0.25) is 0 Å². The summed E-state index contributed by atoms with van der Waals surface area (Å²) in [5.41, 5.74) is 3.12. The summed E-state index contributed by atoms with van der Waals surface area (Å²) in [7, 11) is 0. The second-order valence-electron chi connectivity index (χ2n) is 6.79. The molecular weight excluding hydrogens is 294 g/mol. The van der Waals surface area contributed by atoms with Crippen LogP contribution in [0.4, 0.5) is 5.69 Å². The molecule has 1 aliphatic rings. The standard InChI is InChI=1S/C17H25N3OS/c1-11-7-6-8-14(13(11)3)18-15(21)10-20-12(2)9-17(4,5)19-16(20)22/h6-8,12H,9-10H2,1-5H3,(H,18,21)(H,19,22)/t12-/m0/s1. The number of nitrogens with zero attached hydrogens (tertiary/aromatic N) is 1. The Morgan fingerprint density at radius 3 is 2.77 bits per heavy atom. The van der Waals surface area contributed by atoms with E-state index in [4.69, 9.17) is 12.2 Å². The van der Waals surface area contributed by atoms with Crippen LogP contribution in [0.1, 0.15) is 38.3 Å². The molecule has 1 fully saturated rings. The van der Waals surface area contributed by atoms with Gasteiger partial charge in [-0.1, -0.05) is 12.1 Å². The zero-order valence-electron chi connectivity index (χ0n) is 14.0. The number of aryl methyl sites for hydroxylation is 1. The average molecular weight is 319 g/mol. The van der Waals surface area contributed by atoms with Crippen LogP contribution in [0.15, 0.2) is 18.2 Å². The molecule has 1 saturated heterocycles. The Kier molecular flexibility index (Phi) is 4.75. The number of thiocarbonyl (C=S) groups is 1. The van der Waals surface area contributed by atoms with Gasteiger partial charge in [0.2, 0.25) is 5.91 Å². The number of carbonyl (C=O) groups is 1. The summed E-state index contributed by atoms with van der Waals surface area (Å²) in [6.07, 6.45) is 0.948. The number of amides is 1. The van der Waals surface area contributed by atoms with Gasteiger partial charge < -0.3 is 15.5 Å². The number of carbonyl (C=O) groups excluding carboxylic acids is 1. The van der Waals surface area contributed by atoms with Gasteiger partial charge in [0.05, 0.1) is 6.54 Å². The van der Waals surface area contributed by atoms with E-state index in [-0.39, 0.29) is 24.0 Å². The van der Waals surface area contributed by atoms with Crippen LogP contribution in [-0.4, -0.2) is 34.0 Å². The Bertz CT molecular complexity index is 598. The van der Waals surface area contributed by atoms with E-state index >= 15 is 0 Å². The van der Waals surface area contributed by atoms with E-state index in [1.807, 2.05) is 36.9 Å². The molecule has 2 N–H and O–H groups in total. The molecule has 0 unspecified atom stereocenters. The first-order chi connectivity index (χ1) is 10.2. The minimum absolute atomic E-state index is 0.0173. The quantitative estimate of drug-likeness (QED) is 0.841. The maximum atomic E-state index is 12.4. The predicted octanol–water partition coefficient (Wildman–Crippen LogP) is 2.99. The monoisotopic (exact) mass is 319 g/mol. The largest absolute Gasteiger partial charge is 0.358 e. The van der Waals surface area contributed by atoms with E-state index in [9.17, 15) is 4.79 Å². The van der Waals surface area contributed by atoms with Gasteiger partial charge in [-0.3, -0.25) is 4.79 Å². The smallest absolute Gasteiger partial charge is 0.243 e. The number of nitrogens with one attached hydrogen (secondary N) is 2. The molecule has 0 saturated carbocycles. The molecule has 5 heteroatoms. The topological polar surface area (TPSA) is 44.4 Å². The Morgan fingerprint density at radius 1 is 1.45 bits per heavy atom. The molecule has 2 rings (SSSR count). The van der Waals surface area contributed by atoms with Gasteiger partial charge in [-0.2, -0.15) is 0 Å². The van der Waals surface area contributed by atoms with Crippen LogP contribution in [-0.2, 0) is 4.79 Å². The van der Waals surface area contributed by atoms with Gasteiger partial charge in [0.15, 0.2) is 5.11 Å². The third-order valence-electron chi connectivity index (χ3n) is 4.24. The molecule has 4 nitrogen and oxygen atoms in total. The maximum Gasteiger partial charge on any atom is 0.243 e. The van der Waals surface area contributed by atoms with Crippen molar-refractivity contribution in [2.45, 2.75) is 52.6 Å². The maximum absolute atomic E-state index is 12.4. The van der Waals surface area contributed by atoms with Crippen molar-refractivity contribution >= 4 is 28.9 Å². The molecule has 0 aromatic heterocycles. The van der Waals surface area contributed by atoms with E-state index in [1.165, 1.54) is 5.56 Å². The Labute approximate surface area is 138 Å². The second kappa shape index (κ2) is 6.24. The fourth-order valence-electron chi connectivity index (χ4n) is 2.92. The number of hydrogen-bond donors (Lipinski definition) is 2. The first kappa shape index (κ1) is 16.7. The predicted molar refractivity (Wildman–Crippen MR) is 95.1 cm³/mol. The summed E-state index contributed by atoms with van der Waals surface area (Å²) in [4.78, 5) is 14.3. The first-order valence-corrected chi connectivity index (χ1v) is 8.05. The lowest BCUT2D eigenvalue weighted by atomic mass is 9.93. The highest BCUT2D eigenvalue weighted by Crippen LogP contribution is 2.22. The van der Waals surface area contributed by atoms with Gasteiger partial charge in [0.25, 0.3) is 0 Å². The summed E-state index contributed by atoms with van der Waals surface area (Å²) >= 11 is 5.42. The summed E-state index contributed by atoms with van der Waals surface area (Å²) in [5.74, 6) is -0.0376.